The largest absolute Gasteiger partial charge is 0.379 e. The Balaban J connectivity index is 1.57. The zero-order valence-corrected chi connectivity index (χ0v) is 19.7. The van der Waals surface area contributed by atoms with Crippen LogP contribution in [0.2, 0.25) is 0 Å². The zero-order chi connectivity index (χ0) is 22.5. The lowest BCUT2D eigenvalue weighted by molar-refractivity contribution is -0.127. The number of aryl methyl sites for hydroxylation is 1. The van der Waals surface area contributed by atoms with Crippen molar-refractivity contribution in [3.63, 3.8) is 0 Å². The molecule has 2 aromatic heterocycles. The molecule has 1 N–H and O–H groups in total. The van der Waals surface area contributed by atoms with Gasteiger partial charge in [0.25, 0.3) is 0 Å². The molecule has 0 bridgehead atoms. The number of amides is 1. The van der Waals surface area contributed by atoms with Gasteiger partial charge in [0.05, 0.1) is 13.2 Å². The molecule has 0 aliphatic carbocycles. The van der Waals surface area contributed by atoms with Crippen LogP contribution >= 0.6 is 11.3 Å². The molecule has 2 fully saturated rings. The molecule has 0 saturated carbocycles. The highest BCUT2D eigenvalue weighted by molar-refractivity contribution is 7.15. The first-order valence-electron chi connectivity index (χ1n) is 11.2. The van der Waals surface area contributed by atoms with Crippen molar-refractivity contribution in [3.8, 4) is 0 Å². The SMILES string of the molecule is C=CC(=O)N1CCC[C@H](N(C)c2cc(CN3CCOCC3)cc(Nc3ncc(C)s3)n2)C1. The Bertz CT molecular complexity index is 942. The number of pyridine rings is 1. The number of nitrogens with zero attached hydrogens (tertiary/aromatic N) is 5. The number of carbonyl (C=O) groups is 1. The Morgan fingerprint density at radius 2 is 2.19 bits per heavy atom. The van der Waals surface area contributed by atoms with Crippen LogP contribution in [0.3, 0.4) is 0 Å². The molecule has 1 atom stereocenters. The molecule has 8 nitrogen and oxygen atoms in total. The number of rotatable bonds is 7. The molecule has 0 unspecified atom stereocenters. The smallest absolute Gasteiger partial charge is 0.246 e. The number of hydrogen-bond donors (Lipinski definition) is 1. The minimum absolute atomic E-state index is 0.00128. The quantitative estimate of drug-likeness (QED) is 0.642. The number of likely N-dealkylation sites (N-methyl/N-ethyl adjacent to an activating group) is 1. The van der Waals surface area contributed by atoms with Gasteiger partial charge in [-0.05, 0) is 43.5 Å². The third kappa shape index (κ3) is 5.65. The van der Waals surface area contributed by atoms with E-state index in [0.717, 1.165) is 73.9 Å². The van der Waals surface area contributed by atoms with Crippen molar-refractivity contribution in [2.45, 2.75) is 32.4 Å². The number of piperidine rings is 1. The summed E-state index contributed by atoms with van der Waals surface area (Å²) < 4.78 is 5.50. The van der Waals surface area contributed by atoms with Gasteiger partial charge in [-0.1, -0.05) is 6.58 Å². The van der Waals surface area contributed by atoms with Gasteiger partial charge in [0.2, 0.25) is 5.91 Å². The molecule has 2 aliphatic rings. The van der Waals surface area contributed by atoms with Crippen molar-refractivity contribution in [1.82, 2.24) is 19.8 Å². The molecule has 2 saturated heterocycles. The number of nitrogens with one attached hydrogen (secondary N) is 1. The van der Waals surface area contributed by atoms with Crippen molar-refractivity contribution in [3.05, 3.63) is 41.4 Å². The number of ether oxygens (including phenoxy) is 1. The number of likely N-dealkylation sites (tertiary alicyclic amines) is 1. The molecular weight excluding hydrogens is 424 g/mol. The van der Waals surface area contributed by atoms with Gasteiger partial charge in [0.15, 0.2) is 5.13 Å². The maximum atomic E-state index is 12.1. The van der Waals surface area contributed by atoms with Gasteiger partial charge in [-0.2, -0.15) is 0 Å². The van der Waals surface area contributed by atoms with E-state index in [1.165, 1.54) is 11.6 Å². The van der Waals surface area contributed by atoms with Crippen molar-refractivity contribution < 1.29 is 9.53 Å². The maximum Gasteiger partial charge on any atom is 0.246 e. The van der Waals surface area contributed by atoms with E-state index in [-0.39, 0.29) is 11.9 Å². The van der Waals surface area contributed by atoms with E-state index in [1.54, 1.807) is 11.3 Å². The molecule has 172 valence electrons. The van der Waals surface area contributed by atoms with Crippen LogP contribution in [-0.2, 0) is 16.1 Å². The first-order chi connectivity index (χ1) is 15.5. The zero-order valence-electron chi connectivity index (χ0n) is 18.9. The van der Waals surface area contributed by atoms with Crippen LogP contribution in [0.1, 0.15) is 23.3 Å². The van der Waals surface area contributed by atoms with Crippen LogP contribution < -0.4 is 10.2 Å². The van der Waals surface area contributed by atoms with Gasteiger partial charge >= 0.3 is 0 Å². The van der Waals surface area contributed by atoms with Crippen LogP contribution in [0.25, 0.3) is 0 Å². The second-order valence-corrected chi connectivity index (χ2v) is 9.64. The minimum atomic E-state index is -0.00128. The molecule has 2 aromatic rings. The Kier molecular flexibility index (Phi) is 7.39. The molecule has 0 aromatic carbocycles. The molecule has 1 amide bonds. The molecule has 0 spiro atoms. The van der Waals surface area contributed by atoms with Crippen LogP contribution in [-0.4, -0.2) is 78.2 Å². The van der Waals surface area contributed by atoms with Gasteiger partial charge < -0.3 is 19.9 Å². The summed E-state index contributed by atoms with van der Waals surface area (Å²) in [6, 6.07) is 4.49. The molecular formula is C23H32N6O2S. The topological polar surface area (TPSA) is 73.8 Å². The molecule has 4 rings (SSSR count). The Morgan fingerprint density at radius 1 is 1.38 bits per heavy atom. The lowest BCUT2D eigenvalue weighted by Gasteiger charge is -2.38. The Hall–Kier alpha value is -2.49. The first kappa shape index (κ1) is 22.7. The average Bonchev–Trinajstić information content (AvgIpc) is 3.23. The molecule has 0 radical (unpaired) electrons. The van der Waals surface area contributed by atoms with Crippen molar-refractivity contribution in [2.24, 2.45) is 0 Å². The van der Waals surface area contributed by atoms with E-state index < -0.39 is 0 Å². The second kappa shape index (κ2) is 10.4. The van der Waals surface area contributed by atoms with Gasteiger partial charge in [-0.15, -0.1) is 11.3 Å². The summed E-state index contributed by atoms with van der Waals surface area (Å²) >= 11 is 1.62. The van der Waals surface area contributed by atoms with E-state index in [2.05, 4.69) is 45.9 Å². The van der Waals surface area contributed by atoms with Crippen LogP contribution in [0.15, 0.2) is 31.0 Å². The number of carbonyl (C=O) groups excluding carboxylic acids is 1. The van der Waals surface area contributed by atoms with E-state index in [9.17, 15) is 4.79 Å². The summed E-state index contributed by atoms with van der Waals surface area (Å²) in [5, 5.41) is 4.23. The fraction of sp³-hybridized carbons (Fsp3) is 0.522. The highest BCUT2D eigenvalue weighted by atomic mass is 32.1. The number of morpholine rings is 1. The van der Waals surface area contributed by atoms with Gasteiger partial charge in [-0.25, -0.2) is 9.97 Å². The van der Waals surface area contributed by atoms with E-state index in [0.29, 0.717) is 6.54 Å². The number of anilines is 3. The predicted octanol–water partition coefficient (Wildman–Crippen LogP) is 3.04. The van der Waals surface area contributed by atoms with Crippen molar-refractivity contribution in [1.29, 1.82) is 0 Å². The van der Waals surface area contributed by atoms with E-state index >= 15 is 0 Å². The first-order valence-corrected chi connectivity index (χ1v) is 12.0. The summed E-state index contributed by atoms with van der Waals surface area (Å²) in [6.45, 7) is 11.4. The predicted molar refractivity (Wildman–Crippen MR) is 129 cm³/mol. The number of aromatic nitrogens is 2. The van der Waals surface area contributed by atoms with Crippen LogP contribution in [0, 0.1) is 6.92 Å². The van der Waals surface area contributed by atoms with Gasteiger partial charge in [0.1, 0.15) is 11.6 Å². The fourth-order valence-electron chi connectivity index (χ4n) is 4.23. The lowest BCUT2D eigenvalue weighted by atomic mass is 10.0. The Labute approximate surface area is 193 Å². The highest BCUT2D eigenvalue weighted by Gasteiger charge is 2.26. The van der Waals surface area contributed by atoms with E-state index in [4.69, 9.17) is 9.72 Å². The number of hydrogen-bond acceptors (Lipinski definition) is 8. The molecule has 2 aliphatic heterocycles. The summed E-state index contributed by atoms with van der Waals surface area (Å²) in [5.74, 6) is 1.70. The maximum absolute atomic E-state index is 12.1. The third-order valence-electron chi connectivity index (χ3n) is 6.03. The second-order valence-electron chi connectivity index (χ2n) is 8.40. The monoisotopic (exact) mass is 456 g/mol. The fourth-order valence-corrected chi connectivity index (χ4v) is 4.91. The summed E-state index contributed by atoms with van der Waals surface area (Å²) in [6.07, 6.45) is 5.28. The number of thiazole rings is 1. The van der Waals surface area contributed by atoms with Gasteiger partial charge in [-0.3, -0.25) is 9.69 Å². The highest BCUT2D eigenvalue weighted by Crippen LogP contribution is 2.27. The van der Waals surface area contributed by atoms with Crippen molar-refractivity contribution in [2.75, 3.05) is 56.7 Å². The molecule has 9 heteroatoms. The van der Waals surface area contributed by atoms with Gasteiger partial charge in [0, 0.05) is 56.9 Å². The Morgan fingerprint density at radius 3 is 2.91 bits per heavy atom. The summed E-state index contributed by atoms with van der Waals surface area (Å²) in [4.78, 5) is 29.1. The molecule has 4 heterocycles. The minimum Gasteiger partial charge on any atom is -0.379 e. The summed E-state index contributed by atoms with van der Waals surface area (Å²) in [7, 11) is 2.07. The average molecular weight is 457 g/mol. The lowest BCUT2D eigenvalue weighted by Crippen LogP contribution is -2.48. The molecule has 32 heavy (non-hydrogen) atoms. The normalized spacial score (nSPS) is 19.6. The van der Waals surface area contributed by atoms with Crippen LogP contribution in [0.5, 0.6) is 0 Å². The standard InChI is InChI=1S/C23H32N6O2S/c1-4-22(30)29-7-5-6-19(16-29)27(3)21-13-18(15-28-8-10-31-11-9-28)12-20(25-21)26-23-24-14-17(2)32-23/h4,12-14,19H,1,5-11,15-16H2,2-3H3,(H,24,25,26)/t19-/m0/s1. The third-order valence-corrected chi connectivity index (χ3v) is 6.86. The van der Waals surface area contributed by atoms with E-state index in [1.807, 2.05) is 18.0 Å². The van der Waals surface area contributed by atoms with Crippen LogP contribution in [0.4, 0.5) is 16.8 Å². The van der Waals surface area contributed by atoms with Crippen molar-refractivity contribution >= 4 is 34.0 Å². The summed E-state index contributed by atoms with van der Waals surface area (Å²) in [5.41, 5.74) is 1.20.